The third kappa shape index (κ3) is 5.31. The van der Waals surface area contributed by atoms with Crippen LogP contribution in [0.4, 0.5) is 4.39 Å². The van der Waals surface area contributed by atoms with Crippen molar-refractivity contribution in [1.82, 2.24) is 0 Å². The van der Waals surface area contributed by atoms with Crippen LogP contribution in [0.2, 0.25) is 0 Å². The Balaban J connectivity index is 1.92. The van der Waals surface area contributed by atoms with E-state index in [2.05, 4.69) is 15.9 Å². The van der Waals surface area contributed by atoms with Crippen molar-refractivity contribution >= 4 is 21.7 Å². The van der Waals surface area contributed by atoms with Gasteiger partial charge in [-0.2, -0.15) is 0 Å². The summed E-state index contributed by atoms with van der Waals surface area (Å²) in [6.07, 6.45) is 1.30. The molecule has 4 heteroatoms. The van der Waals surface area contributed by atoms with Crippen molar-refractivity contribution in [3.05, 3.63) is 63.9 Å². The first-order valence-electron chi connectivity index (χ1n) is 6.69. The third-order valence-corrected chi connectivity index (χ3v) is 3.47. The topological polar surface area (TPSA) is 26.3 Å². The Hall–Kier alpha value is -1.68. The van der Waals surface area contributed by atoms with Crippen molar-refractivity contribution in [3.8, 4) is 5.75 Å². The van der Waals surface area contributed by atoms with Gasteiger partial charge in [-0.3, -0.25) is 0 Å². The zero-order valence-electron chi connectivity index (χ0n) is 11.7. The van der Waals surface area contributed by atoms with Crippen molar-refractivity contribution in [3.63, 3.8) is 0 Å². The largest absolute Gasteiger partial charge is 0.489 e. The summed E-state index contributed by atoms with van der Waals surface area (Å²) < 4.78 is 19.6. The van der Waals surface area contributed by atoms with Crippen LogP contribution in [0.25, 0.3) is 0 Å². The van der Waals surface area contributed by atoms with Crippen LogP contribution in [0, 0.1) is 5.82 Å². The van der Waals surface area contributed by atoms with Gasteiger partial charge in [0, 0.05) is 10.9 Å². The molecule has 0 fully saturated rings. The average molecular weight is 351 g/mol. The second-order valence-corrected chi connectivity index (χ2v) is 5.83. The maximum Gasteiger partial charge on any atom is 0.130 e. The zero-order valence-corrected chi connectivity index (χ0v) is 13.3. The number of rotatable bonds is 6. The summed E-state index contributed by atoms with van der Waals surface area (Å²) in [5.74, 6) is 0.622. The molecule has 0 atom stereocenters. The molecule has 0 saturated carbocycles. The van der Waals surface area contributed by atoms with E-state index >= 15 is 0 Å². The Kier molecular flexibility index (Phi) is 5.51. The van der Waals surface area contributed by atoms with E-state index in [1.54, 1.807) is 6.92 Å². The lowest BCUT2D eigenvalue weighted by Gasteiger charge is -2.08. The third-order valence-electron chi connectivity index (χ3n) is 3.02. The predicted octanol–water partition coefficient (Wildman–Crippen LogP) is 4.69. The minimum absolute atomic E-state index is 0.187. The summed E-state index contributed by atoms with van der Waals surface area (Å²) >= 11 is 3.25. The van der Waals surface area contributed by atoms with Gasteiger partial charge >= 0.3 is 0 Å². The molecule has 21 heavy (non-hydrogen) atoms. The summed E-state index contributed by atoms with van der Waals surface area (Å²) in [5, 5.41) is 0. The predicted molar refractivity (Wildman–Crippen MR) is 83.9 cm³/mol. The highest BCUT2D eigenvalue weighted by Crippen LogP contribution is 2.18. The molecule has 0 aliphatic carbocycles. The number of ether oxygens (including phenoxy) is 1. The second-order valence-electron chi connectivity index (χ2n) is 4.91. The van der Waals surface area contributed by atoms with Gasteiger partial charge in [-0.1, -0.05) is 28.1 Å². The van der Waals surface area contributed by atoms with Gasteiger partial charge in [0.2, 0.25) is 0 Å². The molecule has 2 aromatic carbocycles. The molecule has 0 bridgehead atoms. The highest BCUT2D eigenvalue weighted by Gasteiger charge is 2.02. The molecule has 0 aromatic heterocycles. The van der Waals surface area contributed by atoms with E-state index in [1.807, 2.05) is 30.3 Å². The molecule has 2 nitrogen and oxygen atoms in total. The summed E-state index contributed by atoms with van der Waals surface area (Å²) in [6.45, 7) is 1.90. The highest BCUT2D eigenvalue weighted by molar-refractivity contribution is 9.10. The molecular formula is C17H16BrFO2. The van der Waals surface area contributed by atoms with Crippen LogP contribution >= 0.6 is 15.9 Å². The van der Waals surface area contributed by atoms with Crippen LogP contribution in [0.5, 0.6) is 5.75 Å². The Morgan fingerprint density at radius 1 is 1.14 bits per heavy atom. The Labute approximate surface area is 132 Å². The van der Waals surface area contributed by atoms with Gasteiger partial charge in [0.1, 0.15) is 24.0 Å². The number of hydrogen-bond donors (Lipinski definition) is 0. The van der Waals surface area contributed by atoms with Gasteiger partial charge in [-0.15, -0.1) is 0 Å². The molecule has 2 rings (SSSR count). The molecule has 0 saturated heterocycles. The van der Waals surface area contributed by atoms with E-state index in [4.69, 9.17) is 4.74 Å². The molecule has 0 aliphatic heterocycles. The van der Waals surface area contributed by atoms with Gasteiger partial charge in [0.15, 0.2) is 0 Å². The van der Waals surface area contributed by atoms with Gasteiger partial charge in [0.25, 0.3) is 0 Å². The number of benzene rings is 2. The van der Waals surface area contributed by atoms with Gasteiger partial charge < -0.3 is 9.53 Å². The van der Waals surface area contributed by atoms with Crippen molar-refractivity contribution in [2.45, 2.75) is 26.4 Å². The number of ketones is 1. The van der Waals surface area contributed by atoms with E-state index in [0.29, 0.717) is 17.5 Å². The SMILES string of the molecule is CC(=O)CCc1ccc(OCc2cc(F)cc(Br)c2)cc1. The first kappa shape index (κ1) is 15.7. The summed E-state index contributed by atoms with van der Waals surface area (Å²) in [7, 11) is 0. The van der Waals surface area contributed by atoms with Crippen molar-refractivity contribution in [2.24, 2.45) is 0 Å². The molecule has 0 aliphatic rings. The number of carbonyl (C=O) groups is 1. The first-order valence-corrected chi connectivity index (χ1v) is 7.48. The molecule has 0 amide bonds. The molecule has 0 unspecified atom stereocenters. The first-order chi connectivity index (χ1) is 10.0. The van der Waals surface area contributed by atoms with Crippen LogP contribution in [0.15, 0.2) is 46.9 Å². The van der Waals surface area contributed by atoms with E-state index < -0.39 is 0 Å². The minimum atomic E-state index is -0.289. The fourth-order valence-electron chi connectivity index (χ4n) is 1.93. The van der Waals surface area contributed by atoms with E-state index in [1.165, 1.54) is 12.1 Å². The maximum atomic E-state index is 13.2. The number of hydrogen-bond acceptors (Lipinski definition) is 2. The number of Topliss-reactive ketones (excluding diaryl/α,β-unsaturated/α-hetero) is 1. The zero-order chi connectivity index (χ0) is 15.2. The van der Waals surface area contributed by atoms with Crippen LogP contribution < -0.4 is 4.74 Å². The molecule has 0 spiro atoms. The highest BCUT2D eigenvalue weighted by atomic mass is 79.9. The van der Waals surface area contributed by atoms with Gasteiger partial charge in [-0.05, 0) is 54.8 Å². The quantitative estimate of drug-likeness (QED) is 0.755. The van der Waals surface area contributed by atoms with E-state index in [0.717, 1.165) is 23.3 Å². The van der Waals surface area contributed by atoms with Gasteiger partial charge in [0.05, 0.1) is 0 Å². The monoisotopic (exact) mass is 350 g/mol. The smallest absolute Gasteiger partial charge is 0.130 e. The molecule has 2 aromatic rings. The number of halogens is 2. The van der Waals surface area contributed by atoms with Crippen molar-refractivity contribution in [1.29, 1.82) is 0 Å². The van der Waals surface area contributed by atoms with Crippen LogP contribution in [0.3, 0.4) is 0 Å². The lowest BCUT2D eigenvalue weighted by Crippen LogP contribution is -1.97. The molecular weight excluding hydrogens is 335 g/mol. The standard InChI is InChI=1S/C17H16BrFO2/c1-12(20)2-3-13-4-6-17(7-5-13)21-11-14-8-15(18)10-16(19)9-14/h4-10H,2-3,11H2,1H3. The lowest BCUT2D eigenvalue weighted by atomic mass is 10.1. The molecule has 110 valence electrons. The Bertz CT molecular complexity index is 603. The van der Waals surface area contributed by atoms with Crippen LogP contribution in [-0.2, 0) is 17.8 Å². The Morgan fingerprint density at radius 2 is 1.86 bits per heavy atom. The van der Waals surface area contributed by atoms with Gasteiger partial charge in [-0.25, -0.2) is 4.39 Å². The Morgan fingerprint density at radius 3 is 2.48 bits per heavy atom. The average Bonchev–Trinajstić information content (AvgIpc) is 2.43. The molecule has 0 radical (unpaired) electrons. The number of aryl methyl sites for hydroxylation is 1. The fraction of sp³-hybridized carbons (Fsp3) is 0.235. The molecule has 0 heterocycles. The van der Waals surface area contributed by atoms with Crippen LogP contribution in [-0.4, -0.2) is 5.78 Å². The minimum Gasteiger partial charge on any atom is -0.489 e. The lowest BCUT2D eigenvalue weighted by molar-refractivity contribution is -0.116. The number of carbonyl (C=O) groups excluding carboxylic acids is 1. The summed E-state index contributed by atoms with van der Waals surface area (Å²) in [4.78, 5) is 10.9. The van der Waals surface area contributed by atoms with E-state index in [9.17, 15) is 9.18 Å². The summed E-state index contributed by atoms with van der Waals surface area (Å²) in [6, 6.07) is 12.3. The van der Waals surface area contributed by atoms with Crippen molar-refractivity contribution < 1.29 is 13.9 Å². The summed E-state index contributed by atoms with van der Waals surface area (Å²) in [5.41, 5.74) is 1.87. The maximum absolute atomic E-state index is 13.2. The fourth-order valence-corrected chi connectivity index (χ4v) is 2.45. The normalized spacial score (nSPS) is 10.4. The van der Waals surface area contributed by atoms with Crippen molar-refractivity contribution in [2.75, 3.05) is 0 Å². The van der Waals surface area contributed by atoms with E-state index in [-0.39, 0.29) is 11.6 Å². The second kappa shape index (κ2) is 7.36. The molecule has 0 N–H and O–H groups in total. The van der Waals surface area contributed by atoms with Crippen LogP contribution in [0.1, 0.15) is 24.5 Å².